The molecule has 0 aliphatic rings. The van der Waals surface area contributed by atoms with Gasteiger partial charge in [0.2, 0.25) is 0 Å². The van der Waals surface area contributed by atoms with Gasteiger partial charge in [-0.15, -0.1) is 0 Å². The van der Waals surface area contributed by atoms with Crippen LogP contribution in [0.5, 0.6) is 0 Å². The zero-order chi connectivity index (χ0) is 25.1. The first-order chi connectivity index (χ1) is 15.7. The molecule has 0 saturated heterocycles. The Kier molecular flexibility index (Phi) is 19.5. The molecule has 0 fully saturated rings. The predicted molar refractivity (Wildman–Crippen MR) is 146 cm³/mol. The highest BCUT2D eigenvalue weighted by Gasteiger charge is 2.34. The Balaban J connectivity index is 4.85. The Morgan fingerprint density at radius 2 is 0.879 bits per heavy atom. The molecule has 0 radical (unpaired) electrons. The molecule has 0 saturated carbocycles. The van der Waals surface area contributed by atoms with Gasteiger partial charge in [-0.25, -0.2) is 0 Å². The summed E-state index contributed by atoms with van der Waals surface area (Å²) in [6.45, 7) is 16.3. The van der Waals surface area contributed by atoms with Gasteiger partial charge in [0.15, 0.2) is 0 Å². The van der Waals surface area contributed by atoms with Crippen molar-refractivity contribution in [2.75, 3.05) is 33.0 Å². The van der Waals surface area contributed by atoms with Gasteiger partial charge in [0, 0.05) is 32.0 Å². The van der Waals surface area contributed by atoms with Crippen LogP contribution in [0.2, 0.25) is 25.2 Å². The monoisotopic (exact) mass is 506 g/mol. The second kappa shape index (κ2) is 19.4. The minimum absolute atomic E-state index is 0.126. The lowest BCUT2D eigenvalue weighted by atomic mass is 9.84. The summed E-state index contributed by atoms with van der Waals surface area (Å²) >= 11 is 0. The van der Waals surface area contributed by atoms with E-state index >= 15 is 0 Å². The molecule has 0 spiro atoms. The van der Waals surface area contributed by atoms with Crippen molar-refractivity contribution >= 4 is 17.1 Å². The highest BCUT2D eigenvalue weighted by atomic mass is 28.4. The van der Waals surface area contributed by atoms with Crippen molar-refractivity contribution in [2.24, 2.45) is 11.5 Å². The van der Waals surface area contributed by atoms with E-state index in [0.29, 0.717) is 0 Å². The number of unbranched alkanes of at least 4 members (excludes halogenated alkanes) is 5. The second-order valence-corrected chi connectivity index (χ2v) is 16.4. The first kappa shape index (κ1) is 33.2. The van der Waals surface area contributed by atoms with E-state index in [1.54, 1.807) is 0 Å². The summed E-state index contributed by atoms with van der Waals surface area (Å²) in [5.41, 5.74) is 12.5. The Bertz CT molecular complexity index is 418. The van der Waals surface area contributed by atoms with Crippen molar-refractivity contribution in [2.45, 2.75) is 129 Å². The highest BCUT2D eigenvalue weighted by molar-refractivity contribution is 6.66. The number of hydrogen-bond donors (Lipinski definition) is 2. The van der Waals surface area contributed by atoms with Gasteiger partial charge in [-0.1, -0.05) is 32.1 Å². The van der Waals surface area contributed by atoms with Crippen LogP contribution in [0, 0.1) is 0 Å². The Labute approximate surface area is 208 Å². The van der Waals surface area contributed by atoms with Gasteiger partial charge in [0.1, 0.15) is 0 Å². The molecular formula is C25H58N2O4Si2. The smallest absolute Gasteiger partial charge is 0.334 e. The standard InChI is InChI=1S/C25H58N2O4Si2/c1-7-28-32(5,29-8-2)23-17-20-25(27,19-15-13-11-12-14-16-22-26)21-18-24-33(6,30-9-3)31-10-4/h7-24,26-27H2,1-6H3. The fraction of sp³-hybridized carbons (Fsp3) is 1.00. The van der Waals surface area contributed by atoms with Gasteiger partial charge < -0.3 is 29.2 Å². The molecule has 0 rings (SSSR count). The number of rotatable bonds is 24. The minimum Gasteiger partial charge on any atom is -0.395 e. The van der Waals surface area contributed by atoms with Crippen LogP contribution in [0.15, 0.2) is 0 Å². The highest BCUT2D eigenvalue weighted by Crippen LogP contribution is 2.30. The molecule has 0 amide bonds. The van der Waals surface area contributed by atoms with Gasteiger partial charge in [-0.3, -0.25) is 0 Å². The van der Waals surface area contributed by atoms with Crippen LogP contribution in [-0.4, -0.2) is 55.6 Å². The minimum atomic E-state index is -2.09. The molecule has 4 N–H and O–H groups in total. The van der Waals surface area contributed by atoms with Crippen molar-refractivity contribution in [3.05, 3.63) is 0 Å². The normalized spacial score (nSPS) is 13.1. The van der Waals surface area contributed by atoms with Crippen LogP contribution in [0.3, 0.4) is 0 Å². The maximum Gasteiger partial charge on any atom is 0.334 e. The zero-order valence-electron chi connectivity index (χ0n) is 23.0. The third-order valence-corrected chi connectivity index (χ3v) is 12.7. The summed E-state index contributed by atoms with van der Waals surface area (Å²) < 4.78 is 24.2. The topological polar surface area (TPSA) is 89.0 Å². The average Bonchev–Trinajstić information content (AvgIpc) is 2.74. The van der Waals surface area contributed by atoms with Crippen LogP contribution in [0.1, 0.15) is 98.3 Å². The van der Waals surface area contributed by atoms with Gasteiger partial charge >= 0.3 is 17.1 Å². The van der Waals surface area contributed by atoms with Crippen molar-refractivity contribution in [1.82, 2.24) is 0 Å². The van der Waals surface area contributed by atoms with Crippen LogP contribution >= 0.6 is 0 Å². The van der Waals surface area contributed by atoms with Crippen molar-refractivity contribution in [1.29, 1.82) is 0 Å². The van der Waals surface area contributed by atoms with Crippen molar-refractivity contribution in [3.8, 4) is 0 Å². The molecule has 200 valence electrons. The Hall–Kier alpha value is 0.194. The van der Waals surface area contributed by atoms with Crippen LogP contribution in [0.25, 0.3) is 0 Å². The molecule has 0 aromatic rings. The van der Waals surface area contributed by atoms with Gasteiger partial charge in [-0.2, -0.15) is 0 Å². The maximum atomic E-state index is 7.07. The molecule has 0 bridgehead atoms. The van der Waals surface area contributed by atoms with Crippen LogP contribution < -0.4 is 11.5 Å². The van der Waals surface area contributed by atoms with E-state index in [1.807, 2.05) is 0 Å². The molecule has 0 unspecified atom stereocenters. The van der Waals surface area contributed by atoms with Gasteiger partial charge in [0.25, 0.3) is 0 Å². The number of hydrogen-bond acceptors (Lipinski definition) is 6. The fourth-order valence-electron chi connectivity index (χ4n) is 4.82. The molecule has 0 aliphatic carbocycles. The molecule has 0 atom stereocenters. The van der Waals surface area contributed by atoms with E-state index < -0.39 is 17.1 Å². The summed E-state index contributed by atoms with van der Waals surface area (Å²) in [7, 11) is -4.18. The first-order valence-electron chi connectivity index (χ1n) is 13.8. The Morgan fingerprint density at radius 3 is 1.24 bits per heavy atom. The molecule has 0 aromatic heterocycles. The Morgan fingerprint density at radius 1 is 0.545 bits per heavy atom. The molecular weight excluding hydrogens is 448 g/mol. The second-order valence-electron chi connectivity index (χ2n) is 9.73. The lowest BCUT2D eigenvalue weighted by Gasteiger charge is -2.33. The summed E-state index contributed by atoms with van der Waals surface area (Å²) in [6.07, 6.45) is 12.7. The summed E-state index contributed by atoms with van der Waals surface area (Å²) in [5, 5.41) is 0. The van der Waals surface area contributed by atoms with Crippen molar-refractivity contribution < 1.29 is 17.7 Å². The van der Waals surface area contributed by atoms with E-state index in [1.165, 1.54) is 32.1 Å². The fourth-order valence-corrected chi connectivity index (χ4v) is 9.64. The van der Waals surface area contributed by atoms with E-state index in [4.69, 9.17) is 29.2 Å². The lowest BCUT2D eigenvalue weighted by molar-refractivity contribution is 0.185. The molecule has 8 heteroatoms. The van der Waals surface area contributed by atoms with Crippen molar-refractivity contribution in [3.63, 3.8) is 0 Å². The molecule has 0 aromatic carbocycles. The summed E-state index contributed by atoms with van der Waals surface area (Å²) in [5.74, 6) is 0. The first-order valence-corrected chi connectivity index (χ1v) is 18.8. The van der Waals surface area contributed by atoms with Gasteiger partial charge in [-0.05, 0) is 97.9 Å². The zero-order valence-corrected chi connectivity index (χ0v) is 25.0. The molecule has 33 heavy (non-hydrogen) atoms. The van der Waals surface area contributed by atoms with E-state index in [-0.39, 0.29) is 5.54 Å². The predicted octanol–water partition coefficient (Wildman–Crippen LogP) is 6.22. The number of nitrogens with two attached hydrogens (primary N) is 2. The quantitative estimate of drug-likeness (QED) is 0.119. The average molecular weight is 507 g/mol. The SMILES string of the molecule is CCO[Si](C)(CCCC(N)(CCCCCCCCN)CCC[Si](C)(OCC)OCC)OCC. The van der Waals surface area contributed by atoms with Gasteiger partial charge in [0.05, 0.1) is 0 Å². The molecule has 0 heterocycles. The van der Waals surface area contributed by atoms with E-state index in [9.17, 15) is 0 Å². The third-order valence-electron chi connectivity index (χ3n) is 6.54. The van der Waals surface area contributed by atoms with E-state index in [2.05, 4.69) is 40.8 Å². The summed E-state index contributed by atoms with van der Waals surface area (Å²) in [4.78, 5) is 0. The molecule has 0 aliphatic heterocycles. The summed E-state index contributed by atoms with van der Waals surface area (Å²) in [6, 6.07) is 2.02. The van der Waals surface area contributed by atoms with E-state index in [0.717, 1.165) is 83.6 Å². The van der Waals surface area contributed by atoms with Crippen LogP contribution in [0.4, 0.5) is 0 Å². The lowest BCUT2D eigenvalue weighted by Crippen LogP contribution is -2.43. The van der Waals surface area contributed by atoms with Crippen LogP contribution in [-0.2, 0) is 17.7 Å². The largest absolute Gasteiger partial charge is 0.395 e. The molecule has 6 nitrogen and oxygen atoms in total. The third kappa shape index (κ3) is 16.5. The maximum absolute atomic E-state index is 7.07.